The topological polar surface area (TPSA) is 46.8 Å². The van der Waals surface area contributed by atoms with Crippen molar-refractivity contribution in [3.8, 4) is 11.4 Å². The van der Waals surface area contributed by atoms with Crippen molar-refractivity contribution in [2.45, 2.75) is 13.8 Å². The van der Waals surface area contributed by atoms with Gasteiger partial charge in [0.15, 0.2) is 0 Å². The summed E-state index contributed by atoms with van der Waals surface area (Å²) in [5.74, 6) is 0.685. The third kappa shape index (κ3) is 3.11. The summed E-state index contributed by atoms with van der Waals surface area (Å²) < 4.78 is 7.36. The largest absolute Gasteiger partial charge is 0.497 e. The molecular formula is C23H21N3O2. The summed E-state index contributed by atoms with van der Waals surface area (Å²) in [6.07, 6.45) is 1.90. The molecule has 0 fully saturated rings. The Balaban J connectivity index is 1.72. The van der Waals surface area contributed by atoms with Gasteiger partial charge in [-0.25, -0.2) is 0 Å². The predicted octanol–water partition coefficient (Wildman–Crippen LogP) is 4.60. The number of ether oxygens (including phenoxy) is 1. The van der Waals surface area contributed by atoms with Gasteiger partial charge in [0.1, 0.15) is 5.75 Å². The Labute approximate surface area is 164 Å². The highest BCUT2D eigenvalue weighted by molar-refractivity contribution is 6.32. The van der Waals surface area contributed by atoms with Crippen molar-refractivity contribution in [3.63, 3.8) is 0 Å². The molecule has 0 saturated heterocycles. The highest BCUT2D eigenvalue weighted by Crippen LogP contribution is 2.27. The number of rotatable bonds is 4. The zero-order chi connectivity index (χ0) is 19.7. The Hall–Kier alpha value is -3.60. The summed E-state index contributed by atoms with van der Waals surface area (Å²) in [6.45, 7) is 3.90. The number of benzene rings is 2. The fraction of sp³-hybridized carbons (Fsp3) is 0.130. The van der Waals surface area contributed by atoms with Crippen molar-refractivity contribution in [3.05, 3.63) is 83.7 Å². The van der Waals surface area contributed by atoms with E-state index in [-0.39, 0.29) is 5.91 Å². The quantitative estimate of drug-likeness (QED) is 0.629. The van der Waals surface area contributed by atoms with Crippen LogP contribution in [0.3, 0.4) is 0 Å². The highest BCUT2D eigenvalue weighted by Gasteiger charge is 2.29. The van der Waals surface area contributed by atoms with Crippen LogP contribution in [0.25, 0.3) is 11.8 Å². The molecule has 140 valence electrons. The molecule has 3 aromatic rings. The fourth-order valence-electron chi connectivity index (χ4n) is 3.33. The predicted molar refractivity (Wildman–Crippen MR) is 112 cm³/mol. The van der Waals surface area contributed by atoms with Crippen molar-refractivity contribution in [1.29, 1.82) is 0 Å². The van der Waals surface area contributed by atoms with Gasteiger partial charge in [0.05, 0.1) is 24.1 Å². The maximum Gasteiger partial charge on any atom is 0.280 e. The Morgan fingerprint density at radius 1 is 0.893 bits per heavy atom. The number of amides is 1. The van der Waals surface area contributed by atoms with Crippen LogP contribution >= 0.6 is 0 Å². The van der Waals surface area contributed by atoms with Gasteiger partial charge in [-0.05, 0) is 68.5 Å². The Kier molecular flexibility index (Phi) is 4.57. The van der Waals surface area contributed by atoms with Gasteiger partial charge in [-0.15, -0.1) is 0 Å². The van der Waals surface area contributed by atoms with E-state index >= 15 is 0 Å². The molecule has 2 heterocycles. The van der Waals surface area contributed by atoms with Crippen molar-refractivity contribution in [1.82, 2.24) is 4.57 Å². The molecule has 0 atom stereocenters. The summed E-state index contributed by atoms with van der Waals surface area (Å²) >= 11 is 0. The molecule has 0 aliphatic carbocycles. The van der Waals surface area contributed by atoms with Crippen molar-refractivity contribution >= 4 is 23.4 Å². The van der Waals surface area contributed by atoms with E-state index in [1.54, 1.807) is 7.11 Å². The lowest BCUT2D eigenvalue weighted by Gasteiger charge is -2.12. The molecule has 0 radical (unpaired) electrons. The van der Waals surface area contributed by atoms with Gasteiger partial charge in [0, 0.05) is 17.1 Å². The number of hydrazone groups is 1. The molecule has 2 aromatic carbocycles. The monoisotopic (exact) mass is 371 g/mol. The maximum atomic E-state index is 13.0. The molecule has 1 aromatic heterocycles. The third-order valence-electron chi connectivity index (χ3n) is 4.79. The fourth-order valence-corrected chi connectivity index (χ4v) is 3.33. The molecule has 5 heteroatoms. The van der Waals surface area contributed by atoms with E-state index in [1.165, 1.54) is 5.01 Å². The average Bonchev–Trinajstić information content (AvgIpc) is 3.23. The standard InChI is InChI=1S/C23H21N3O2/c1-16-9-10-20(25(16)18-11-13-21(28-3)14-12-18)15-22-17(2)24-26(23(22)27)19-7-5-4-6-8-19/h4-15H,1-3H3/b22-15+. The van der Waals surface area contributed by atoms with E-state index in [0.29, 0.717) is 11.3 Å². The molecule has 1 amide bonds. The van der Waals surface area contributed by atoms with Gasteiger partial charge < -0.3 is 9.30 Å². The first-order valence-corrected chi connectivity index (χ1v) is 9.08. The van der Waals surface area contributed by atoms with Crippen LogP contribution in [0.1, 0.15) is 18.3 Å². The zero-order valence-corrected chi connectivity index (χ0v) is 16.1. The molecule has 1 aliphatic heterocycles. The summed E-state index contributed by atoms with van der Waals surface area (Å²) in [4.78, 5) is 13.0. The zero-order valence-electron chi connectivity index (χ0n) is 16.1. The molecule has 0 spiro atoms. The van der Waals surface area contributed by atoms with E-state index in [1.807, 2.05) is 86.7 Å². The second-order valence-corrected chi connectivity index (χ2v) is 6.63. The van der Waals surface area contributed by atoms with E-state index in [9.17, 15) is 4.79 Å². The minimum atomic E-state index is -0.121. The van der Waals surface area contributed by atoms with Crippen LogP contribution < -0.4 is 9.75 Å². The number of methoxy groups -OCH3 is 1. The number of hydrogen-bond donors (Lipinski definition) is 0. The number of para-hydroxylation sites is 1. The average molecular weight is 371 g/mol. The second kappa shape index (κ2) is 7.19. The minimum absolute atomic E-state index is 0.121. The Bertz CT molecular complexity index is 1080. The summed E-state index contributed by atoms with van der Waals surface area (Å²) in [7, 11) is 1.65. The maximum absolute atomic E-state index is 13.0. The second-order valence-electron chi connectivity index (χ2n) is 6.63. The first-order valence-electron chi connectivity index (χ1n) is 9.08. The van der Waals surface area contributed by atoms with E-state index in [4.69, 9.17) is 4.74 Å². The third-order valence-corrected chi connectivity index (χ3v) is 4.79. The summed E-state index contributed by atoms with van der Waals surface area (Å²) in [5.41, 5.74) is 5.07. The molecule has 5 nitrogen and oxygen atoms in total. The number of carbonyl (C=O) groups excluding carboxylic acids is 1. The molecule has 0 unspecified atom stereocenters. The molecule has 0 bridgehead atoms. The van der Waals surface area contributed by atoms with Crippen molar-refractivity contribution in [2.24, 2.45) is 5.10 Å². The number of anilines is 1. The number of hydrogen-bond acceptors (Lipinski definition) is 3. The van der Waals surface area contributed by atoms with Crippen LogP contribution in [0.15, 0.2) is 77.4 Å². The smallest absolute Gasteiger partial charge is 0.280 e. The molecule has 0 saturated carbocycles. The van der Waals surface area contributed by atoms with Crippen LogP contribution in [0.2, 0.25) is 0 Å². The molecule has 4 rings (SSSR count). The van der Waals surface area contributed by atoms with Crippen LogP contribution in [0.5, 0.6) is 5.75 Å². The molecule has 0 N–H and O–H groups in total. The summed E-state index contributed by atoms with van der Waals surface area (Å²) in [6, 6.07) is 21.4. The summed E-state index contributed by atoms with van der Waals surface area (Å²) in [5, 5.41) is 5.91. The lowest BCUT2D eigenvalue weighted by atomic mass is 10.1. The number of nitrogens with zero attached hydrogens (tertiary/aromatic N) is 3. The lowest BCUT2D eigenvalue weighted by molar-refractivity contribution is -0.114. The van der Waals surface area contributed by atoms with Crippen LogP contribution in [-0.4, -0.2) is 23.3 Å². The van der Waals surface area contributed by atoms with Gasteiger partial charge in [0.25, 0.3) is 5.91 Å². The van der Waals surface area contributed by atoms with Crippen molar-refractivity contribution in [2.75, 3.05) is 12.1 Å². The van der Waals surface area contributed by atoms with Gasteiger partial charge >= 0.3 is 0 Å². The first-order chi connectivity index (χ1) is 13.6. The molecule has 1 aliphatic rings. The van der Waals surface area contributed by atoms with E-state index in [2.05, 4.69) is 9.67 Å². The van der Waals surface area contributed by atoms with Crippen LogP contribution in [-0.2, 0) is 4.79 Å². The molecular weight excluding hydrogens is 350 g/mol. The highest BCUT2D eigenvalue weighted by atomic mass is 16.5. The van der Waals surface area contributed by atoms with Gasteiger partial charge in [-0.1, -0.05) is 18.2 Å². The number of aryl methyl sites for hydroxylation is 1. The number of carbonyl (C=O) groups is 1. The van der Waals surface area contributed by atoms with Crippen LogP contribution in [0, 0.1) is 6.92 Å². The Morgan fingerprint density at radius 2 is 1.61 bits per heavy atom. The van der Waals surface area contributed by atoms with Gasteiger partial charge in [-0.2, -0.15) is 10.1 Å². The van der Waals surface area contributed by atoms with Gasteiger partial charge in [-0.3, -0.25) is 4.79 Å². The minimum Gasteiger partial charge on any atom is -0.497 e. The Morgan fingerprint density at radius 3 is 2.29 bits per heavy atom. The van der Waals surface area contributed by atoms with E-state index < -0.39 is 0 Å². The van der Waals surface area contributed by atoms with Gasteiger partial charge in [0.2, 0.25) is 0 Å². The van der Waals surface area contributed by atoms with E-state index in [0.717, 1.165) is 28.5 Å². The first kappa shape index (κ1) is 17.8. The lowest BCUT2D eigenvalue weighted by Crippen LogP contribution is -2.21. The molecule has 28 heavy (non-hydrogen) atoms. The normalized spacial score (nSPS) is 15.2. The van der Waals surface area contributed by atoms with Crippen LogP contribution in [0.4, 0.5) is 5.69 Å². The SMILES string of the molecule is COc1ccc(-n2c(C)ccc2/C=C2/C(=O)N(c3ccccc3)N=C2C)cc1. The number of aromatic nitrogens is 1. The van der Waals surface area contributed by atoms with Crippen molar-refractivity contribution < 1.29 is 9.53 Å².